The second-order valence-corrected chi connectivity index (χ2v) is 4.98. The van der Waals surface area contributed by atoms with Crippen LogP contribution in [0.2, 0.25) is 0 Å². The molecule has 0 spiro atoms. The lowest BCUT2D eigenvalue weighted by molar-refractivity contribution is 0.0940. The zero-order chi connectivity index (χ0) is 15.8. The summed E-state index contributed by atoms with van der Waals surface area (Å²) in [5, 5.41) is 21.1. The van der Waals surface area contributed by atoms with Crippen LogP contribution in [-0.2, 0) is 6.42 Å². The van der Waals surface area contributed by atoms with Gasteiger partial charge in [0.1, 0.15) is 0 Å². The average molecular weight is 295 g/mol. The predicted octanol–water partition coefficient (Wildman–Crippen LogP) is 1.53. The van der Waals surface area contributed by atoms with E-state index in [4.69, 9.17) is 5.26 Å². The zero-order valence-electron chi connectivity index (χ0n) is 12.1. The van der Waals surface area contributed by atoms with E-state index in [0.29, 0.717) is 24.1 Å². The number of carbonyl (C=O) groups excluding carboxylic acids is 1. The molecule has 5 nitrogen and oxygen atoms in total. The van der Waals surface area contributed by atoms with Crippen molar-refractivity contribution in [2.75, 3.05) is 13.2 Å². The molecule has 0 aliphatic heterocycles. The Morgan fingerprint density at radius 2 is 2.18 bits per heavy atom. The molecule has 2 aromatic rings. The normalized spacial score (nSPS) is 11.5. The van der Waals surface area contributed by atoms with E-state index in [0.717, 1.165) is 5.69 Å². The van der Waals surface area contributed by atoms with Crippen LogP contribution < -0.4 is 5.32 Å². The maximum absolute atomic E-state index is 12.1. The molecular weight excluding hydrogens is 278 g/mol. The Morgan fingerprint density at radius 1 is 1.32 bits per heavy atom. The third-order valence-corrected chi connectivity index (χ3v) is 3.29. The van der Waals surface area contributed by atoms with Crippen LogP contribution in [0.3, 0.4) is 0 Å². The molecule has 0 saturated carbocycles. The molecule has 2 N–H and O–H groups in total. The van der Waals surface area contributed by atoms with Gasteiger partial charge in [-0.3, -0.25) is 9.78 Å². The number of rotatable bonds is 6. The highest BCUT2D eigenvalue weighted by molar-refractivity contribution is 5.94. The van der Waals surface area contributed by atoms with Crippen molar-refractivity contribution in [1.29, 1.82) is 5.26 Å². The number of nitrogens with zero attached hydrogens (tertiary/aromatic N) is 2. The van der Waals surface area contributed by atoms with Crippen LogP contribution in [0, 0.1) is 17.2 Å². The highest BCUT2D eigenvalue weighted by Crippen LogP contribution is 2.07. The standard InChI is InChI=1S/C17H17N3O2/c18-10-13-4-3-5-15(8-13)17(22)20-11-14(12-21)9-16-6-1-2-7-19-16/h1-8,14,21H,9,11-12H2,(H,20,22). The van der Waals surface area contributed by atoms with Gasteiger partial charge in [0.15, 0.2) is 0 Å². The van der Waals surface area contributed by atoms with Crippen molar-refractivity contribution >= 4 is 5.91 Å². The van der Waals surface area contributed by atoms with Gasteiger partial charge >= 0.3 is 0 Å². The number of pyridine rings is 1. The Morgan fingerprint density at radius 3 is 2.86 bits per heavy atom. The van der Waals surface area contributed by atoms with E-state index in [2.05, 4.69) is 10.3 Å². The van der Waals surface area contributed by atoms with Crippen molar-refractivity contribution in [1.82, 2.24) is 10.3 Å². The minimum absolute atomic E-state index is 0.0326. The topological polar surface area (TPSA) is 86.0 Å². The minimum atomic E-state index is -0.253. The van der Waals surface area contributed by atoms with Crippen LogP contribution in [0.15, 0.2) is 48.7 Å². The number of aliphatic hydroxyl groups is 1. The van der Waals surface area contributed by atoms with Crippen molar-refractivity contribution in [2.45, 2.75) is 6.42 Å². The van der Waals surface area contributed by atoms with E-state index in [1.165, 1.54) is 0 Å². The zero-order valence-corrected chi connectivity index (χ0v) is 12.1. The monoisotopic (exact) mass is 295 g/mol. The van der Waals surface area contributed by atoms with Crippen molar-refractivity contribution < 1.29 is 9.90 Å². The SMILES string of the molecule is N#Cc1cccc(C(=O)NCC(CO)Cc2ccccn2)c1. The fourth-order valence-electron chi connectivity index (χ4n) is 2.08. The number of aromatic nitrogens is 1. The first-order chi connectivity index (χ1) is 10.7. The molecule has 2 rings (SSSR count). The molecule has 1 aromatic heterocycles. The summed E-state index contributed by atoms with van der Waals surface area (Å²) in [6.07, 6.45) is 2.30. The molecule has 1 atom stereocenters. The number of hydrogen-bond acceptors (Lipinski definition) is 4. The minimum Gasteiger partial charge on any atom is -0.396 e. The summed E-state index contributed by atoms with van der Waals surface area (Å²) in [5.74, 6) is -0.352. The van der Waals surface area contributed by atoms with Crippen LogP contribution in [0.1, 0.15) is 21.6 Å². The highest BCUT2D eigenvalue weighted by atomic mass is 16.3. The Hall–Kier alpha value is -2.71. The first-order valence-corrected chi connectivity index (χ1v) is 7.02. The summed E-state index contributed by atoms with van der Waals surface area (Å²) in [6, 6.07) is 14.1. The van der Waals surface area contributed by atoms with Gasteiger partial charge in [0.2, 0.25) is 0 Å². The Kier molecular flexibility index (Phi) is 5.64. The highest BCUT2D eigenvalue weighted by Gasteiger charge is 2.12. The van der Waals surface area contributed by atoms with Gasteiger partial charge < -0.3 is 10.4 Å². The number of amides is 1. The number of nitriles is 1. The first kappa shape index (κ1) is 15.7. The summed E-state index contributed by atoms with van der Waals surface area (Å²) < 4.78 is 0. The van der Waals surface area contributed by atoms with Crippen molar-refractivity contribution in [3.05, 3.63) is 65.5 Å². The third-order valence-electron chi connectivity index (χ3n) is 3.29. The van der Waals surface area contributed by atoms with E-state index >= 15 is 0 Å². The second-order valence-electron chi connectivity index (χ2n) is 4.98. The van der Waals surface area contributed by atoms with Gasteiger partial charge in [0.25, 0.3) is 5.91 Å². The Labute approximate surface area is 129 Å². The van der Waals surface area contributed by atoms with Crippen LogP contribution in [0.4, 0.5) is 0 Å². The summed E-state index contributed by atoms with van der Waals surface area (Å²) in [5.41, 5.74) is 1.76. The summed E-state index contributed by atoms with van der Waals surface area (Å²) in [6.45, 7) is 0.317. The van der Waals surface area contributed by atoms with Gasteiger partial charge in [-0.1, -0.05) is 12.1 Å². The van der Waals surface area contributed by atoms with E-state index in [9.17, 15) is 9.90 Å². The van der Waals surface area contributed by atoms with Crippen LogP contribution in [0.5, 0.6) is 0 Å². The van der Waals surface area contributed by atoms with Crippen LogP contribution in [-0.4, -0.2) is 29.1 Å². The van der Waals surface area contributed by atoms with E-state index in [1.807, 2.05) is 24.3 Å². The van der Waals surface area contributed by atoms with Crippen LogP contribution >= 0.6 is 0 Å². The molecule has 0 aliphatic carbocycles. The predicted molar refractivity (Wildman–Crippen MR) is 82.0 cm³/mol. The third kappa shape index (κ3) is 4.40. The van der Waals surface area contributed by atoms with Crippen molar-refractivity contribution in [2.24, 2.45) is 5.92 Å². The van der Waals surface area contributed by atoms with Crippen molar-refractivity contribution in [3.8, 4) is 6.07 Å². The Balaban J connectivity index is 1.92. The molecule has 0 bridgehead atoms. The van der Waals surface area contributed by atoms with E-state index in [1.54, 1.807) is 30.5 Å². The maximum atomic E-state index is 12.1. The molecular formula is C17H17N3O2. The largest absolute Gasteiger partial charge is 0.396 e. The lowest BCUT2D eigenvalue weighted by Gasteiger charge is -2.14. The number of nitrogens with one attached hydrogen (secondary N) is 1. The van der Waals surface area contributed by atoms with Crippen LogP contribution in [0.25, 0.3) is 0 Å². The molecule has 1 aromatic carbocycles. The molecule has 0 aliphatic rings. The molecule has 0 fully saturated rings. The second kappa shape index (κ2) is 7.91. The Bertz CT molecular complexity index is 665. The van der Waals surface area contributed by atoms with Gasteiger partial charge in [0.05, 0.1) is 11.6 Å². The lowest BCUT2D eigenvalue weighted by Crippen LogP contribution is -2.32. The number of aliphatic hydroxyl groups excluding tert-OH is 1. The van der Waals surface area contributed by atoms with Gasteiger partial charge in [-0.15, -0.1) is 0 Å². The average Bonchev–Trinajstić information content (AvgIpc) is 2.59. The fraction of sp³-hybridized carbons (Fsp3) is 0.235. The smallest absolute Gasteiger partial charge is 0.251 e. The summed E-state index contributed by atoms with van der Waals surface area (Å²) >= 11 is 0. The quantitative estimate of drug-likeness (QED) is 0.846. The van der Waals surface area contributed by atoms with E-state index < -0.39 is 0 Å². The maximum Gasteiger partial charge on any atom is 0.251 e. The number of benzene rings is 1. The molecule has 1 heterocycles. The molecule has 112 valence electrons. The molecule has 22 heavy (non-hydrogen) atoms. The molecule has 0 radical (unpaired) electrons. The van der Waals surface area contributed by atoms with Gasteiger partial charge in [-0.25, -0.2) is 0 Å². The van der Waals surface area contributed by atoms with E-state index in [-0.39, 0.29) is 18.4 Å². The first-order valence-electron chi connectivity index (χ1n) is 7.02. The summed E-state index contributed by atoms with van der Waals surface area (Å²) in [7, 11) is 0. The fourth-order valence-corrected chi connectivity index (χ4v) is 2.08. The molecule has 1 amide bonds. The van der Waals surface area contributed by atoms with Gasteiger partial charge in [0, 0.05) is 36.5 Å². The van der Waals surface area contributed by atoms with Gasteiger partial charge in [-0.2, -0.15) is 5.26 Å². The molecule has 5 heteroatoms. The molecule has 1 unspecified atom stereocenters. The number of carbonyl (C=O) groups is 1. The van der Waals surface area contributed by atoms with Gasteiger partial charge in [-0.05, 0) is 36.8 Å². The van der Waals surface area contributed by atoms with Crippen molar-refractivity contribution in [3.63, 3.8) is 0 Å². The number of hydrogen-bond donors (Lipinski definition) is 2. The molecule has 0 saturated heterocycles. The lowest BCUT2D eigenvalue weighted by atomic mass is 10.0. The summed E-state index contributed by atoms with van der Waals surface area (Å²) in [4.78, 5) is 16.3.